The van der Waals surface area contributed by atoms with Crippen molar-refractivity contribution < 1.29 is 28.6 Å². The molecule has 6 nitrogen and oxygen atoms in total. The fourth-order valence-corrected chi connectivity index (χ4v) is 10.2. The molecular formula is C71H130O6. The van der Waals surface area contributed by atoms with Crippen molar-refractivity contribution in [3.05, 3.63) is 48.6 Å². The Morgan fingerprint density at radius 3 is 0.740 bits per heavy atom. The summed E-state index contributed by atoms with van der Waals surface area (Å²) in [5.41, 5.74) is 0. The van der Waals surface area contributed by atoms with Gasteiger partial charge in [-0.2, -0.15) is 0 Å². The Balaban J connectivity index is 4.25. The van der Waals surface area contributed by atoms with Crippen LogP contribution in [0.15, 0.2) is 48.6 Å². The molecule has 1 unspecified atom stereocenters. The zero-order chi connectivity index (χ0) is 55.7. The number of ether oxygens (including phenoxy) is 3. The molecule has 0 saturated heterocycles. The van der Waals surface area contributed by atoms with Gasteiger partial charge >= 0.3 is 17.9 Å². The molecule has 0 rings (SSSR count). The summed E-state index contributed by atoms with van der Waals surface area (Å²) in [6.07, 6.45) is 82.7. The van der Waals surface area contributed by atoms with E-state index in [2.05, 4.69) is 69.4 Å². The minimum atomic E-state index is -0.776. The van der Waals surface area contributed by atoms with Gasteiger partial charge in [-0.3, -0.25) is 14.4 Å². The zero-order valence-electron chi connectivity index (χ0n) is 51.7. The van der Waals surface area contributed by atoms with E-state index in [1.54, 1.807) is 0 Å². The van der Waals surface area contributed by atoms with E-state index in [-0.39, 0.29) is 31.1 Å². The van der Waals surface area contributed by atoms with Crippen LogP contribution in [0, 0.1) is 0 Å². The predicted octanol–water partition coefficient (Wildman–Crippen LogP) is 23.3. The maximum Gasteiger partial charge on any atom is 0.306 e. The van der Waals surface area contributed by atoms with Gasteiger partial charge in [0.2, 0.25) is 0 Å². The molecular weight excluding hydrogens is 949 g/mol. The molecule has 0 fully saturated rings. The third kappa shape index (κ3) is 64.1. The Morgan fingerprint density at radius 1 is 0.260 bits per heavy atom. The molecule has 0 aliphatic carbocycles. The number of carbonyl (C=O) groups is 3. The van der Waals surface area contributed by atoms with Gasteiger partial charge in [-0.25, -0.2) is 0 Å². The first kappa shape index (κ1) is 74.4. The molecule has 0 aromatic carbocycles. The Kier molecular flexibility index (Phi) is 63.6. The average molecular weight is 1080 g/mol. The highest BCUT2D eigenvalue weighted by atomic mass is 16.6. The van der Waals surface area contributed by atoms with Crippen molar-refractivity contribution in [2.45, 2.75) is 374 Å². The van der Waals surface area contributed by atoms with Crippen LogP contribution in [0.3, 0.4) is 0 Å². The van der Waals surface area contributed by atoms with E-state index in [9.17, 15) is 14.4 Å². The average Bonchev–Trinajstić information content (AvgIpc) is 3.43. The lowest BCUT2D eigenvalue weighted by atomic mass is 10.0. The van der Waals surface area contributed by atoms with E-state index in [1.165, 1.54) is 250 Å². The normalized spacial score (nSPS) is 12.3. The Hall–Kier alpha value is -2.63. The lowest BCUT2D eigenvalue weighted by molar-refractivity contribution is -0.167. The first-order chi connectivity index (χ1) is 38.0. The van der Waals surface area contributed by atoms with E-state index in [1.807, 2.05) is 0 Å². The molecule has 0 aliphatic rings. The number of carbonyl (C=O) groups excluding carboxylic acids is 3. The molecule has 0 spiro atoms. The van der Waals surface area contributed by atoms with E-state index < -0.39 is 6.10 Å². The van der Waals surface area contributed by atoms with E-state index in [0.29, 0.717) is 19.3 Å². The quantitative estimate of drug-likeness (QED) is 0.0261. The zero-order valence-corrected chi connectivity index (χ0v) is 51.7. The third-order valence-electron chi connectivity index (χ3n) is 15.3. The number of rotatable bonds is 63. The predicted molar refractivity (Wildman–Crippen MR) is 335 cm³/mol. The van der Waals surface area contributed by atoms with E-state index in [4.69, 9.17) is 14.2 Å². The molecule has 0 aliphatic heterocycles. The van der Waals surface area contributed by atoms with Gasteiger partial charge in [0.1, 0.15) is 13.2 Å². The molecule has 0 radical (unpaired) electrons. The van der Waals surface area contributed by atoms with Crippen LogP contribution in [0.4, 0.5) is 0 Å². The van der Waals surface area contributed by atoms with Crippen molar-refractivity contribution in [2.75, 3.05) is 13.2 Å². The highest BCUT2D eigenvalue weighted by molar-refractivity contribution is 5.71. The second kappa shape index (κ2) is 65.9. The van der Waals surface area contributed by atoms with Crippen LogP contribution in [0.1, 0.15) is 367 Å². The standard InChI is InChI=1S/C71H130O6/c1-4-7-10-13-16-19-22-25-28-30-31-32-33-34-35-36-37-38-39-41-43-46-49-52-55-58-61-64-70(73)76-67-68(66-75-69(72)63-60-57-54-51-48-45-42-27-24-21-18-15-12-9-6-3)77-71(74)65-62-59-56-53-50-47-44-40-29-26-23-20-17-14-11-8-5-2/h17,20,22,25-26,29-31,68H,4-16,18-19,21,23-24,27-28,32-67H2,1-3H3/b20-17-,25-22-,29-26-,31-30-. The van der Waals surface area contributed by atoms with Crippen molar-refractivity contribution in [3.8, 4) is 0 Å². The number of hydrogen-bond donors (Lipinski definition) is 0. The van der Waals surface area contributed by atoms with Gasteiger partial charge in [0.15, 0.2) is 6.10 Å². The molecule has 0 aromatic rings. The van der Waals surface area contributed by atoms with Crippen molar-refractivity contribution in [3.63, 3.8) is 0 Å². The summed E-state index contributed by atoms with van der Waals surface area (Å²) in [6.45, 7) is 6.66. The summed E-state index contributed by atoms with van der Waals surface area (Å²) in [4.78, 5) is 38.4. The summed E-state index contributed by atoms with van der Waals surface area (Å²) >= 11 is 0. The van der Waals surface area contributed by atoms with Gasteiger partial charge in [-0.15, -0.1) is 0 Å². The Bertz CT molecular complexity index is 1330. The van der Waals surface area contributed by atoms with Crippen LogP contribution in [-0.4, -0.2) is 37.2 Å². The summed E-state index contributed by atoms with van der Waals surface area (Å²) in [5.74, 6) is -0.855. The van der Waals surface area contributed by atoms with Crippen LogP contribution in [0.25, 0.3) is 0 Å². The number of allylic oxidation sites excluding steroid dienone is 8. The van der Waals surface area contributed by atoms with Gasteiger partial charge in [0.05, 0.1) is 0 Å². The fourth-order valence-electron chi connectivity index (χ4n) is 10.2. The maximum absolute atomic E-state index is 12.9. The topological polar surface area (TPSA) is 78.9 Å². The molecule has 0 amide bonds. The molecule has 0 saturated carbocycles. The van der Waals surface area contributed by atoms with E-state index >= 15 is 0 Å². The molecule has 0 N–H and O–H groups in total. The lowest BCUT2D eigenvalue weighted by Crippen LogP contribution is -2.30. The lowest BCUT2D eigenvalue weighted by Gasteiger charge is -2.18. The summed E-state index contributed by atoms with van der Waals surface area (Å²) in [7, 11) is 0. The molecule has 0 bridgehead atoms. The Morgan fingerprint density at radius 2 is 0.468 bits per heavy atom. The van der Waals surface area contributed by atoms with Gasteiger partial charge in [0, 0.05) is 19.3 Å². The second-order valence-corrected chi connectivity index (χ2v) is 23.1. The number of esters is 3. The van der Waals surface area contributed by atoms with Crippen molar-refractivity contribution in [1.82, 2.24) is 0 Å². The minimum Gasteiger partial charge on any atom is -0.462 e. The number of hydrogen-bond acceptors (Lipinski definition) is 6. The van der Waals surface area contributed by atoms with Crippen molar-refractivity contribution >= 4 is 17.9 Å². The Labute approximate surface area is 479 Å². The molecule has 450 valence electrons. The van der Waals surface area contributed by atoms with Crippen LogP contribution in [-0.2, 0) is 28.6 Å². The highest BCUT2D eigenvalue weighted by Crippen LogP contribution is 2.18. The maximum atomic E-state index is 12.9. The molecule has 0 aromatic heterocycles. The van der Waals surface area contributed by atoms with Gasteiger partial charge in [-0.1, -0.05) is 313 Å². The summed E-state index contributed by atoms with van der Waals surface area (Å²) < 4.78 is 17.0. The molecule has 1 atom stereocenters. The molecule has 77 heavy (non-hydrogen) atoms. The van der Waals surface area contributed by atoms with Crippen LogP contribution >= 0.6 is 0 Å². The second-order valence-electron chi connectivity index (χ2n) is 23.1. The monoisotopic (exact) mass is 1080 g/mol. The SMILES string of the molecule is CCCCC/C=C\C/C=C\CCCCCCCCCC(=O)OC(COC(=O)CCCCCCCCCCCCCCCCC)COC(=O)CCCCCCCCCCCCCCCCC/C=C\C/C=C\CCCCCCC. The largest absolute Gasteiger partial charge is 0.462 e. The highest BCUT2D eigenvalue weighted by Gasteiger charge is 2.19. The van der Waals surface area contributed by atoms with Crippen molar-refractivity contribution in [1.29, 1.82) is 0 Å². The van der Waals surface area contributed by atoms with Gasteiger partial charge in [-0.05, 0) is 83.5 Å². The fraction of sp³-hybridized carbons (Fsp3) is 0.845. The number of unbranched alkanes of at least 4 members (excludes halogenated alkanes) is 44. The van der Waals surface area contributed by atoms with Gasteiger partial charge < -0.3 is 14.2 Å². The molecule has 0 heterocycles. The van der Waals surface area contributed by atoms with Crippen LogP contribution in [0.2, 0.25) is 0 Å². The first-order valence-electron chi connectivity index (χ1n) is 34.1. The van der Waals surface area contributed by atoms with Crippen LogP contribution < -0.4 is 0 Å². The third-order valence-corrected chi connectivity index (χ3v) is 15.3. The van der Waals surface area contributed by atoms with Crippen molar-refractivity contribution in [2.24, 2.45) is 0 Å². The first-order valence-corrected chi connectivity index (χ1v) is 34.1. The summed E-state index contributed by atoms with van der Waals surface area (Å²) in [5, 5.41) is 0. The summed E-state index contributed by atoms with van der Waals surface area (Å²) in [6, 6.07) is 0. The van der Waals surface area contributed by atoms with Crippen LogP contribution in [0.5, 0.6) is 0 Å². The smallest absolute Gasteiger partial charge is 0.306 e. The van der Waals surface area contributed by atoms with E-state index in [0.717, 1.165) is 77.0 Å². The van der Waals surface area contributed by atoms with Gasteiger partial charge in [0.25, 0.3) is 0 Å². The molecule has 6 heteroatoms. The minimum absolute atomic E-state index is 0.0716.